The second kappa shape index (κ2) is 11.6. The lowest BCUT2D eigenvalue weighted by Gasteiger charge is -2.42. The Hall–Kier alpha value is -5.66. The molecule has 6 aromatic carbocycles. The molecular weight excluding hydrogens is 567 g/mol. The highest BCUT2D eigenvalue weighted by molar-refractivity contribution is 6.12. The zero-order valence-electron chi connectivity index (χ0n) is 26.9. The summed E-state index contributed by atoms with van der Waals surface area (Å²) >= 11 is 0. The van der Waals surface area contributed by atoms with Gasteiger partial charge in [0.2, 0.25) is 0 Å². The molecule has 0 amide bonds. The Morgan fingerprint density at radius 3 is 1.96 bits per heavy atom. The number of hydrogen-bond acceptors (Lipinski definition) is 1. The molecule has 0 N–H and O–H groups in total. The number of benzene rings is 6. The molecule has 0 radical (unpaired) electrons. The average molecular weight is 604 g/mol. The van der Waals surface area contributed by atoms with Crippen LogP contribution in [0.2, 0.25) is 0 Å². The highest BCUT2D eigenvalue weighted by Crippen LogP contribution is 2.52. The third-order valence-electron chi connectivity index (χ3n) is 9.75. The fourth-order valence-electron chi connectivity index (χ4n) is 7.39. The normalized spacial score (nSPS) is 19.2. The molecule has 1 aliphatic heterocycles. The molecule has 47 heavy (non-hydrogen) atoms. The van der Waals surface area contributed by atoms with E-state index in [1.165, 1.54) is 72.0 Å². The Bertz CT molecular complexity index is 2260. The third kappa shape index (κ3) is 5.05. The lowest BCUT2D eigenvalue weighted by Crippen LogP contribution is -2.30. The van der Waals surface area contributed by atoms with E-state index >= 15 is 0 Å². The zero-order valence-corrected chi connectivity index (χ0v) is 26.9. The predicted molar refractivity (Wildman–Crippen MR) is 203 cm³/mol. The van der Waals surface area contributed by atoms with Crippen molar-refractivity contribution >= 4 is 49.8 Å². The van der Waals surface area contributed by atoms with E-state index in [1.54, 1.807) is 0 Å². The van der Waals surface area contributed by atoms with Crippen LogP contribution < -0.4 is 4.90 Å². The van der Waals surface area contributed by atoms with Crippen LogP contribution in [0.15, 0.2) is 176 Å². The van der Waals surface area contributed by atoms with Gasteiger partial charge in [0, 0.05) is 11.1 Å². The summed E-state index contributed by atoms with van der Waals surface area (Å²) < 4.78 is 0. The predicted octanol–water partition coefficient (Wildman–Crippen LogP) is 12.6. The SMILES string of the molecule is C=C1/C=C\C=C/C/C=C(c2ccc3c(ccc4cc(N5c6ccccc6C(C)(C)c6ccccc65)ccc43)c2)\C(c2ccccc2)=C/1. The lowest BCUT2D eigenvalue weighted by atomic mass is 9.73. The first-order chi connectivity index (χ1) is 23.0. The van der Waals surface area contributed by atoms with Crippen LogP contribution in [0.4, 0.5) is 17.1 Å². The fourth-order valence-corrected chi connectivity index (χ4v) is 7.39. The van der Waals surface area contributed by atoms with Gasteiger partial charge in [-0.3, -0.25) is 0 Å². The van der Waals surface area contributed by atoms with Crippen LogP contribution >= 0.6 is 0 Å². The molecule has 1 nitrogen and oxygen atoms in total. The van der Waals surface area contributed by atoms with Crippen molar-refractivity contribution < 1.29 is 0 Å². The maximum Gasteiger partial charge on any atom is 0.0502 e. The Morgan fingerprint density at radius 2 is 1.23 bits per heavy atom. The Labute approximate surface area is 277 Å². The molecule has 0 spiro atoms. The molecule has 0 aromatic heterocycles. The smallest absolute Gasteiger partial charge is 0.0502 e. The monoisotopic (exact) mass is 603 g/mol. The van der Waals surface area contributed by atoms with Gasteiger partial charge in [-0.1, -0.05) is 148 Å². The minimum atomic E-state index is -0.0749. The van der Waals surface area contributed by atoms with Gasteiger partial charge in [0.1, 0.15) is 0 Å². The molecule has 1 heterocycles. The van der Waals surface area contributed by atoms with E-state index in [0.29, 0.717) is 0 Å². The highest BCUT2D eigenvalue weighted by Gasteiger charge is 2.36. The second-order valence-corrected chi connectivity index (χ2v) is 13.0. The summed E-state index contributed by atoms with van der Waals surface area (Å²) in [5, 5.41) is 4.99. The van der Waals surface area contributed by atoms with Crippen LogP contribution in [-0.2, 0) is 5.41 Å². The van der Waals surface area contributed by atoms with Crippen molar-refractivity contribution in [2.75, 3.05) is 4.90 Å². The second-order valence-electron chi connectivity index (χ2n) is 13.0. The van der Waals surface area contributed by atoms with Crippen molar-refractivity contribution in [1.29, 1.82) is 0 Å². The summed E-state index contributed by atoms with van der Waals surface area (Å²) in [6.07, 6.45) is 13.8. The standard InChI is InChI=1S/C46H37N/c1-32-15-7-4-5-10-18-38(41(29-32)33-16-8-6-9-17-33)35-25-27-39-34(30-35)23-24-36-31-37(26-28-40(36)39)47-44-21-13-11-19-42(44)46(2,3)43-20-12-14-22-45(43)47/h4-9,11-31H,1,10H2,2-3H3/b5-4-,15-7-,38-18-,41-29-. The molecule has 1 heteroatoms. The van der Waals surface area contributed by atoms with E-state index < -0.39 is 0 Å². The maximum atomic E-state index is 4.32. The average Bonchev–Trinajstić information content (AvgIpc) is 3.11. The van der Waals surface area contributed by atoms with E-state index in [4.69, 9.17) is 0 Å². The number of fused-ring (bicyclic) bond motifs is 5. The number of allylic oxidation sites excluding steroid dienone is 9. The van der Waals surface area contributed by atoms with Crippen molar-refractivity contribution in [3.8, 4) is 0 Å². The molecule has 6 aromatic rings. The van der Waals surface area contributed by atoms with E-state index in [0.717, 1.165) is 12.0 Å². The summed E-state index contributed by atoms with van der Waals surface area (Å²) in [6.45, 7) is 8.99. The Balaban J connectivity index is 1.24. The van der Waals surface area contributed by atoms with E-state index in [-0.39, 0.29) is 5.41 Å². The van der Waals surface area contributed by atoms with Crippen LogP contribution in [0.25, 0.3) is 32.7 Å². The van der Waals surface area contributed by atoms with Gasteiger partial charge in [0.15, 0.2) is 0 Å². The van der Waals surface area contributed by atoms with Crippen LogP contribution in [-0.4, -0.2) is 0 Å². The largest absolute Gasteiger partial charge is 0.310 e. The van der Waals surface area contributed by atoms with Crippen molar-refractivity contribution in [2.45, 2.75) is 25.7 Å². The molecule has 0 bridgehead atoms. The van der Waals surface area contributed by atoms with Crippen LogP contribution in [0.5, 0.6) is 0 Å². The topological polar surface area (TPSA) is 3.24 Å². The number of anilines is 3. The summed E-state index contributed by atoms with van der Waals surface area (Å²) in [4.78, 5) is 2.43. The molecule has 226 valence electrons. The quantitative estimate of drug-likeness (QED) is 0.182. The lowest BCUT2D eigenvalue weighted by molar-refractivity contribution is 0.632. The van der Waals surface area contributed by atoms with Crippen LogP contribution in [0, 0.1) is 0 Å². The Kier molecular flexibility index (Phi) is 7.11. The number of rotatable bonds is 3. The third-order valence-corrected chi connectivity index (χ3v) is 9.75. The molecule has 0 atom stereocenters. The summed E-state index contributed by atoms with van der Waals surface area (Å²) in [5.41, 5.74) is 12.1. The van der Waals surface area contributed by atoms with Gasteiger partial charge in [0.25, 0.3) is 0 Å². The number of hydrogen-bond donors (Lipinski definition) is 0. The van der Waals surface area contributed by atoms with E-state index in [2.05, 4.69) is 189 Å². The maximum absolute atomic E-state index is 4.32. The Morgan fingerprint density at radius 1 is 0.596 bits per heavy atom. The van der Waals surface area contributed by atoms with Crippen molar-refractivity contribution in [2.24, 2.45) is 0 Å². The first kappa shape index (κ1) is 28.8. The molecule has 0 fully saturated rings. The van der Waals surface area contributed by atoms with Gasteiger partial charge in [-0.2, -0.15) is 0 Å². The number of para-hydroxylation sites is 2. The van der Waals surface area contributed by atoms with Crippen molar-refractivity contribution in [1.82, 2.24) is 0 Å². The van der Waals surface area contributed by atoms with Crippen LogP contribution in [0.3, 0.4) is 0 Å². The van der Waals surface area contributed by atoms with Crippen molar-refractivity contribution in [3.63, 3.8) is 0 Å². The van der Waals surface area contributed by atoms with Gasteiger partial charge in [-0.25, -0.2) is 0 Å². The van der Waals surface area contributed by atoms with Gasteiger partial charge in [0.05, 0.1) is 11.4 Å². The molecule has 8 rings (SSSR count). The van der Waals surface area contributed by atoms with Crippen molar-refractivity contribution in [3.05, 3.63) is 198 Å². The van der Waals surface area contributed by atoms with E-state index in [9.17, 15) is 0 Å². The van der Waals surface area contributed by atoms with E-state index in [1.807, 2.05) is 0 Å². The van der Waals surface area contributed by atoms with Crippen LogP contribution in [0.1, 0.15) is 42.5 Å². The molecule has 2 aliphatic rings. The first-order valence-corrected chi connectivity index (χ1v) is 16.4. The number of nitrogens with zero attached hydrogens (tertiary/aromatic N) is 1. The summed E-state index contributed by atoms with van der Waals surface area (Å²) in [7, 11) is 0. The molecule has 0 unspecified atom stereocenters. The molecule has 0 saturated carbocycles. The minimum absolute atomic E-state index is 0.0749. The molecule has 1 aliphatic carbocycles. The van der Waals surface area contributed by atoms with Gasteiger partial charge in [-0.15, -0.1) is 0 Å². The summed E-state index contributed by atoms with van der Waals surface area (Å²) in [5.74, 6) is 0. The highest BCUT2D eigenvalue weighted by atomic mass is 15.2. The fraction of sp³-hybridized carbons (Fsp3) is 0.0870. The molecular formula is C46H37N. The van der Waals surface area contributed by atoms with Gasteiger partial charge < -0.3 is 4.90 Å². The molecule has 0 saturated heterocycles. The van der Waals surface area contributed by atoms with Gasteiger partial charge >= 0.3 is 0 Å². The minimum Gasteiger partial charge on any atom is -0.310 e. The van der Waals surface area contributed by atoms with Gasteiger partial charge in [-0.05, 0) is 103 Å². The zero-order chi connectivity index (χ0) is 32.0. The first-order valence-electron chi connectivity index (χ1n) is 16.4. The summed E-state index contributed by atoms with van der Waals surface area (Å²) in [6, 6.07) is 46.8.